The third kappa shape index (κ3) is 5.35. The van der Waals surface area contributed by atoms with Gasteiger partial charge in [-0.2, -0.15) is 5.26 Å². The number of anilines is 3. The molecule has 0 saturated carbocycles. The molecule has 5 heterocycles. The minimum atomic E-state index is -0.334. The quantitative estimate of drug-likeness (QED) is 0.328. The summed E-state index contributed by atoms with van der Waals surface area (Å²) in [4.78, 5) is 35.8. The van der Waals surface area contributed by atoms with E-state index in [4.69, 9.17) is 15.0 Å². The number of amides is 1. The largest absolute Gasteiger partial charge is 0.353 e. The van der Waals surface area contributed by atoms with Gasteiger partial charge in [-0.05, 0) is 43.5 Å². The Morgan fingerprint density at radius 3 is 2.51 bits per heavy atom. The van der Waals surface area contributed by atoms with Crippen molar-refractivity contribution in [1.82, 2.24) is 29.2 Å². The number of aromatic nitrogens is 4. The Morgan fingerprint density at radius 1 is 1.10 bits per heavy atom. The normalized spacial score (nSPS) is 16.0. The Hall–Kier alpha value is -4.08. The van der Waals surface area contributed by atoms with Gasteiger partial charge in [0.15, 0.2) is 10.8 Å². The van der Waals surface area contributed by atoms with Crippen LogP contribution >= 0.6 is 11.3 Å². The maximum Gasteiger partial charge on any atom is 0.236 e. The number of carbonyl (C=O) groups excluding carboxylic acids is 1. The number of fused-ring (bicyclic) bond motifs is 1. The molecule has 3 aromatic heterocycles. The molecule has 212 valence electrons. The lowest BCUT2D eigenvalue weighted by Crippen LogP contribution is -2.50. The molecule has 2 aliphatic heterocycles. The van der Waals surface area contributed by atoms with Crippen LogP contribution in [0.5, 0.6) is 0 Å². The zero-order chi connectivity index (χ0) is 28.5. The molecule has 0 N–H and O–H groups in total. The van der Waals surface area contributed by atoms with Crippen LogP contribution in [0.2, 0.25) is 0 Å². The van der Waals surface area contributed by atoms with E-state index in [0.29, 0.717) is 34.2 Å². The number of carbonyl (C=O) groups is 1. The first-order valence-corrected chi connectivity index (χ1v) is 14.8. The summed E-state index contributed by atoms with van der Waals surface area (Å²) in [5.74, 6) is 1.61. The van der Waals surface area contributed by atoms with Gasteiger partial charge in [0.25, 0.3) is 0 Å². The second kappa shape index (κ2) is 11.4. The smallest absolute Gasteiger partial charge is 0.236 e. The van der Waals surface area contributed by atoms with Crippen molar-refractivity contribution < 1.29 is 9.18 Å². The van der Waals surface area contributed by atoms with Crippen LogP contribution in [-0.2, 0) is 11.2 Å². The predicted molar refractivity (Wildman–Crippen MR) is 157 cm³/mol. The number of likely N-dealkylation sites (tertiary alicyclic amines) is 1. The summed E-state index contributed by atoms with van der Waals surface area (Å²) in [5, 5.41) is 10.5. The van der Waals surface area contributed by atoms with Crippen LogP contribution < -0.4 is 9.80 Å². The highest BCUT2D eigenvalue weighted by Crippen LogP contribution is 2.37. The number of aryl methyl sites for hydroxylation is 1. The number of piperazine rings is 1. The first-order valence-electron chi connectivity index (χ1n) is 14.0. The lowest BCUT2D eigenvalue weighted by Gasteiger charge is -2.35. The number of nitriles is 1. The van der Waals surface area contributed by atoms with Gasteiger partial charge in [-0.15, -0.1) is 0 Å². The Morgan fingerprint density at radius 2 is 1.83 bits per heavy atom. The molecule has 0 bridgehead atoms. The Balaban J connectivity index is 1.24. The fourth-order valence-corrected chi connectivity index (χ4v) is 6.40. The van der Waals surface area contributed by atoms with Crippen molar-refractivity contribution in [2.75, 3.05) is 62.7 Å². The number of halogens is 1. The molecule has 1 aromatic carbocycles. The van der Waals surface area contributed by atoms with Gasteiger partial charge in [0, 0.05) is 51.9 Å². The number of nitrogens with zero attached hydrogens (tertiary/aromatic N) is 9. The minimum Gasteiger partial charge on any atom is -0.353 e. The second-order valence-electron chi connectivity index (χ2n) is 10.4. The monoisotopic (exact) mass is 573 g/mol. The van der Waals surface area contributed by atoms with Gasteiger partial charge >= 0.3 is 0 Å². The molecule has 41 heavy (non-hydrogen) atoms. The SMILES string of the molecule is CCc1nc2cnc(N3CCN(CC(=O)N4CCCC4)CC3)cn2c1N(C)c1nc(-c2ccc(F)cc2)c(C#N)s1. The minimum absolute atomic E-state index is 0.234. The predicted octanol–water partition coefficient (Wildman–Crippen LogP) is 3.94. The molecule has 2 aliphatic rings. The Labute approximate surface area is 242 Å². The van der Waals surface area contributed by atoms with Crippen molar-refractivity contribution in [3.05, 3.63) is 53.0 Å². The number of benzene rings is 1. The van der Waals surface area contributed by atoms with Gasteiger partial charge in [-0.1, -0.05) is 18.3 Å². The van der Waals surface area contributed by atoms with Gasteiger partial charge < -0.3 is 14.7 Å². The van der Waals surface area contributed by atoms with Crippen LogP contribution in [0.1, 0.15) is 30.3 Å². The van der Waals surface area contributed by atoms with Crippen LogP contribution in [-0.4, -0.2) is 87.9 Å². The molecule has 0 spiro atoms. The number of imidazole rings is 1. The summed E-state index contributed by atoms with van der Waals surface area (Å²) in [5.41, 5.74) is 2.86. The number of hydrogen-bond donors (Lipinski definition) is 0. The molecule has 2 fully saturated rings. The molecule has 2 saturated heterocycles. The van der Waals surface area contributed by atoms with E-state index in [2.05, 4.69) is 22.8 Å². The Bertz CT molecular complexity index is 1590. The highest BCUT2D eigenvalue weighted by atomic mass is 32.1. The molecular formula is C29H32FN9OS. The van der Waals surface area contributed by atoms with Gasteiger partial charge in [-0.25, -0.2) is 19.3 Å². The van der Waals surface area contributed by atoms with Crippen molar-refractivity contribution in [3.8, 4) is 17.3 Å². The van der Waals surface area contributed by atoms with Crippen LogP contribution in [0.15, 0.2) is 36.7 Å². The van der Waals surface area contributed by atoms with Gasteiger partial charge in [0.2, 0.25) is 5.91 Å². The highest BCUT2D eigenvalue weighted by Gasteiger charge is 2.26. The highest BCUT2D eigenvalue weighted by molar-refractivity contribution is 7.16. The summed E-state index contributed by atoms with van der Waals surface area (Å²) in [7, 11) is 1.92. The van der Waals surface area contributed by atoms with Crippen molar-refractivity contribution in [1.29, 1.82) is 5.26 Å². The van der Waals surface area contributed by atoms with Gasteiger partial charge in [0.1, 0.15) is 34.1 Å². The molecule has 10 nitrogen and oxygen atoms in total. The first-order chi connectivity index (χ1) is 19.9. The zero-order valence-corrected chi connectivity index (χ0v) is 24.1. The molecule has 1 amide bonds. The van der Waals surface area contributed by atoms with Gasteiger partial charge in [0.05, 0.1) is 24.6 Å². The van der Waals surface area contributed by atoms with Crippen LogP contribution in [0.3, 0.4) is 0 Å². The second-order valence-corrected chi connectivity index (χ2v) is 11.4. The average Bonchev–Trinajstić information content (AvgIpc) is 3.76. The molecule has 6 rings (SSSR count). The molecule has 12 heteroatoms. The van der Waals surface area contributed by atoms with E-state index < -0.39 is 0 Å². The van der Waals surface area contributed by atoms with Crippen molar-refractivity contribution >= 4 is 39.7 Å². The third-order valence-electron chi connectivity index (χ3n) is 7.83. The molecule has 0 aliphatic carbocycles. The summed E-state index contributed by atoms with van der Waals surface area (Å²) in [6.45, 7) is 7.48. The van der Waals surface area contributed by atoms with Crippen molar-refractivity contribution in [3.63, 3.8) is 0 Å². The summed E-state index contributed by atoms with van der Waals surface area (Å²) in [6, 6.07) is 8.27. The summed E-state index contributed by atoms with van der Waals surface area (Å²) >= 11 is 1.30. The van der Waals surface area contributed by atoms with Crippen molar-refractivity contribution in [2.45, 2.75) is 26.2 Å². The fourth-order valence-electron chi connectivity index (χ4n) is 5.55. The molecular weight excluding hydrogens is 541 g/mol. The first kappa shape index (κ1) is 27.1. The van der Waals surface area contributed by atoms with Crippen LogP contribution in [0.25, 0.3) is 16.9 Å². The summed E-state index contributed by atoms with van der Waals surface area (Å²) in [6.07, 6.45) is 6.73. The third-order valence-corrected chi connectivity index (χ3v) is 8.86. The van der Waals surface area contributed by atoms with E-state index in [9.17, 15) is 14.4 Å². The maximum atomic E-state index is 13.5. The van der Waals surface area contributed by atoms with E-state index in [0.717, 1.165) is 75.1 Å². The average molecular weight is 574 g/mol. The molecule has 0 radical (unpaired) electrons. The maximum absolute atomic E-state index is 13.5. The fraction of sp³-hybridized carbons (Fsp3) is 0.414. The van der Waals surface area contributed by atoms with Crippen molar-refractivity contribution in [2.24, 2.45) is 0 Å². The topological polar surface area (TPSA) is 96.9 Å². The summed E-state index contributed by atoms with van der Waals surface area (Å²) < 4.78 is 15.5. The lowest BCUT2D eigenvalue weighted by atomic mass is 10.1. The molecule has 0 unspecified atom stereocenters. The molecule has 4 aromatic rings. The van der Waals surface area contributed by atoms with E-state index >= 15 is 0 Å². The lowest BCUT2D eigenvalue weighted by molar-refractivity contribution is -0.131. The number of rotatable bonds is 7. The van der Waals surface area contributed by atoms with Crippen LogP contribution in [0, 0.1) is 17.1 Å². The number of hydrogen-bond acceptors (Lipinski definition) is 9. The van der Waals surface area contributed by atoms with E-state index in [-0.39, 0.29) is 11.7 Å². The Kier molecular flexibility index (Phi) is 7.55. The molecule has 0 atom stereocenters. The van der Waals surface area contributed by atoms with E-state index in [1.807, 2.05) is 27.4 Å². The number of thiazole rings is 1. The van der Waals surface area contributed by atoms with Crippen LogP contribution in [0.4, 0.5) is 21.2 Å². The standard InChI is InChI=1S/C29H32FN9OS/c1-3-22-28(35(2)29-34-27(23(16-31)41-29)20-6-8-21(30)9-7-20)39-18-25(32-17-24(39)33-22)37-14-12-36(13-15-37)19-26(40)38-10-4-5-11-38/h6-9,17-18H,3-5,10-15,19H2,1-2H3. The van der Waals surface area contributed by atoms with E-state index in [1.165, 1.54) is 23.5 Å². The zero-order valence-electron chi connectivity index (χ0n) is 23.3. The van der Waals surface area contributed by atoms with Gasteiger partial charge in [-0.3, -0.25) is 14.1 Å². The van der Waals surface area contributed by atoms with E-state index in [1.54, 1.807) is 18.3 Å².